The first-order valence-corrected chi connectivity index (χ1v) is 18.3. The zero-order valence-corrected chi connectivity index (χ0v) is 28.3. The number of halogens is 1. The third-order valence-electron chi connectivity index (χ3n) is 9.57. The van der Waals surface area contributed by atoms with Crippen molar-refractivity contribution in [2.75, 3.05) is 73.5 Å². The number of fused-ring (bicyclic) bond motifs is 1. The van der Waals surface area contributed by atoms with Gasteiger partial charge in [0.05, 0.1) is 18.4 Å². The second kappa shape index (κ2) is 13.3. The van der Waals surface area contributed by atoms with E-state index in [1.165, 1.54) is 30.6 Å². The number of anilines is 4. The summed E-state index contributed by atoms with van der Waals surface area (Å²) in [6, 6.07) is 6.06. The van der Waals surface area contributed by atoms with Gasteiger partial charge in [-0.2, -0.15) is 4.98 Å². The van der Waals surface area contributed by atoms with Crippen molar-refractivity contribution in [2.24, 2.45) is 5.92 Å². The lowest BCUT2D eigenvalue weighted by atomic mass is 9.83. The molecule has 0 radical (unpaired) electrons. The number of piperidine rings is 1. The second-order valence-electron chi connectivity index (χ2n) is 13.4. The molecule has 3 saturated heterocycles. The standard InChI is InChI=1S/C34H44FN7O4S/c1-6-32(43)40-11-8-23(18-40)24-13-28(42-16-22(17-42)20-47(5,44)45)26-15-37-31(14-25(26)33(24)21(2)3)38-30-7-10-36-34(39-30)41-12-9-29(46-4)27(35)19-41/h6-7,10,13-15,21-23,27,29H,1,8-9,11-12,16-20H2,2-5H3,(H,36,37,38,39)/t23-,27-,29+/m0/s1. The van der Waals surface area contributed by atoms with Crippen molar-refractivity contribution in [1.29, 1.82) is 0 Å². The number of pyridine rings is 1. The molecule has 3 aliphatic rings. The van der Waals surface area contributed by atoms with Crippen molar-refractivity contribution < 1.29 is 22.3 Å². The van der Waals surface area contributed by atoms with Gasteiger partial charge in [-0.05, 0) is 59.5 Å². The number of rotatable bonds is 10. The van der Waals surface area contributed by atoms with E-state index in [2.05, 4.69) is 52.7 Å². The number of nitrogens with one attached hydrogen (secondary N) is 1. The van der Waals surface area contributed by atoms with Crippen molar-refractivity contribution in [3.63, 3.8) is 0 Å². The molecule has 0 unspecified atom stereocenters. The summed E-state index contributed by atoms with van der Waals surface area (Å²) in [5.74, 6) is 2.14. The van der Waals surface area contributed by atoms with Gasteiger partial charge >= 0.3 is 0 Å². The molecule has 47 heavy (non-hydrogen) atoms. The molecule has 3 atom stereocenters. The van der Waals surface area contributed by atoms with Gasteiger partial charge in [-0.3, -0.25) is 4.79 Å². The van der Waals surface area contributed by atoms with E-state index in [1.54, 1.807) is 12.3 Å². The minimum atomic E-state index is -3.07. The molecule has 3 aliphatic heterocycles. The van der Waals surface area contributed by atoms with E-state index >= 15 is 0 Å². The first-order valence-electron chi connectivity index (χ1n) is 16.3. The Hall–Kier alpha value is -3.84. The number of amides is 1. The summed E-state index contributed by atoms with van der Waals surface area (Å²) in [6.45, 7) is 11.4. The molecule has 1 aromatic carbocycles. The molecule has 11 nitrogen and oxygen atoms in total. The van der Waals surface area contributed by atoms with E-state index in [9.17, 15) is 17.6 Å². The second-order valence-corrected chi connectivity index (χ2v) is 15.6. The SMILES string of the molecule is C=CC(=O)N1CC[C@H](c2cc(N3CC(CS(C)(=O)=O)C3)c3cnc(Nc4ccnc(N5CC[C@@H](OC)[C@@H](F)C5)n4)cc3c2C(C)C)C1. The number of ether oxygens (including phenoxy) is 1. The van der Waals surface area contributed by atoms with Crippen LogP contribution in [0.2, 0.25) is 0 Å². The first kappa shape index (κ1) is 33.1. The number of hydrogen-bond donors (Lipinski definition) is 1. The lowest BCUT2D eigenvalue weighted by Gasteiger charge is -2.42. The predicted molar refractivity (Wildman–Crippen MR) is 183 cm³/mol. The van der Waals surface area contributed by atoms with Gasteiger partial charge in [0, 0.05) is 81.4 Å². The number of sulfone groups is 1. The van der Waals surface area contributed by atoms with E-state index in [-0.39, 0.29) is 36.0 Å². The van der Waals surface area contributed by atoms with Crippen LogP contribution in [0.4, 0.5) is 27.7 Å². The molecule has 2 aromatic heterocycles. The Labute approximate surface area is 276 Å². The Balaban J connectivity index is 1.35. The van der Waals surface area contributed by atoms with Crippen molar-refractivity contribution in [2.45, 2.75) is 50.8 Å². The lowest BCUT2D eigenvalue weighted by molar-refractivity contribution is -0.125. The van der Waals surface area contributed by atoms with Crippen molar-refractivity contribution >= 4 is 49.8 Å². The normalized spacial score (nSPS) is 22.2. The van der Waals surface area contributed by atoms with E-state index in [1.807, 2.05) is 16.0 Å². The van der Waals surface area contributed by atoms with Gasteiger partial charge in [0.2, 0.25) is 11.9 Å². The zero-order valence-electron chi connectivity index (χ0n) is 27.5. The third kappa shape index (κ3) is 7.06. The fourth-order valence-corrected chi connectivity index (χ4v) is 8.40. The summed E-state index contributed by atoms with van der Waals surface area (Å²) in [5.41, 5.74) is 3.44. The molecule has 6 rings (SSSR count). The van der Waals surface area contributed by atoms with Crippen molar-refractivity contribution in [1.82, 2.24) is 19.9 Å². The monoisotopic (exact) mass is 665 g/mol. The number of likely N-dealkylation sites (tertiary alicyclic amines) is 1. The molecule has 0 bridgehead atoms. The van der Waals surface area contributed by atoms with E-state index in [4.69, 9.17) is 9.72 Å². The van der Waals surface area contributed by atoms with E-state index in [0.717, 1.165) is 22.9 Å². The molecule has 1 amide bonds. The molecular weight excluding hydrogens is 621 g/mol. The van der Waals surface area contributed by atoms with Gasteiger partial charge in [0.1, 0.15) is 27.6 Å². The van der Waals surface area contributed by atoms with Crippen molar-refractivity contribution in [3.05, 3.63) is 54.4 Å². The summed E-state index contributed by atoms with van der Waals surface area (Å²) in [6.07, 6.45) is 6.06. The Bertz CT molecular complexity index is 1760. The zero-order chi connectivity index (χ0) is 33.5. The predicted octanol–water partition coefficient (Wildman–Crippen LogP) is 4.44. The Morgan fingerprint density at radius 2 is 1.89 bits per heavy atom. The number of hydrogen-bond acceptors (Lipinski definition) is 10. The highest BCUT2D eigenvalue weighted by molar-refractivity contribution is 7.90. The molecule has 0 saturated carbocycles. The Kier molecular flexibility index (Phi) is 9.39. The number of benzene rings is 1. The first-order chi connectivity index (χ1) is 22.4. The topological polar surface area (TPSA) is 121 Å². The smallest absolute Gasteiger partial charge is 0.245 e. The van der Waals surface area contributed by atoms with Crippen LogP contribution in [-0.2, 0) is 19.4 Å². The van der Waals surface area contributed by atoms with E-state index in [0.29, 0.717) is 56.7 Å². The number of nitrogens with zero attached hydrogens (tertiary/aromatic N) is 6. The number of methoxy groups -OCH3 is 1. The molecule has 252 valence electrons. The van der Waals surface area contributed by atoms with Gasteiger partial charge in [0.15, 0.2) is 0 Å². The van der Waals surface area contributed by atoms with Crippen LogP contribution in [0.1, 0.15) is 49.7 Å². The van der Waals surface area contributed by atoms with Gasteiger partial charge in [-0.25, -0.2) is 22.8 Å². The van der Waals surface area contributed by atoms with Gasteiger partial charge in [0.25, 0.3) is 0 Å². The molecule has 3 aromatic rings. The Morgan fingerprint density at radius 1 is 1.11 bits per heavy atom. The quantitative estimate of drug-likeness (QED) is 0.311. The van der Waals surface area contributed by atoms with Gasteiger partial charge in [-0.1, -0.05) is 20.4 Å². The summed E-state index contributed by atoms with van der Waals surface area (Å²) in [4.78, 5) is 32.3. The van der Waals surface area contributed by atoms with Gasteiger partial charge in [-0.15, -0.1) is 0 Å². The summed E-state index contributed by atoms with van der Waals surface area (Å²) >= 11 is 0. The van der Waals surface area contributed by atoms with Gasteiger partial charge < -0.3 is 24.8 Å². The van der Waals surface area contributed by atoms with Crippen LogP contribution in [0.15, 0.2) is 43.2 Å². The molecule has 5 heterocycles. The highest BCUT2D eigenvalue weighted by Crippen LogP contribution is 2.43. The minimum absolute atomic E-state index is 0.0593. The van der Waals surface area contributed by atoms with Crippen LogP contribution in [-0.4, -0.2) is 105 Å². The van der Waals surface area contributed by atoms with Crippen LogP contribution in [0.5, 0.6) is 0 Å². The minimum Gasteiger partial charge on any atom is -0.378 e. The molecule has 13 heteroatoms. The average Bonchev–Trinajstić information content (AvgIpc) is 3.51. The van der Waals surface area contributed by atoms with Crippen LogP contribution in [0.25, 0.3) is 10.8 Å². The van der Waals surface area contributed by atoms with E-state index < -0.39 is 22.1 Å². The summed E-state index contributed by atoms with van der Waals surface area (Å²) < 4.78 is 43.8. The molecule has 0 spiro atoms. The lowest BCUT2D eigenvalue weighted by Crippen LogP contribution is -2.49. The van der Waals surface area contributed by atoms with Crippen LogP contribution in [0.3, 0.4) is 0 Å². The Morgan fingerprint density at radius 3 is 2.57 bits per heavy atom. The van der Waals surface area contributed by atoms with Crippen LogP contribution >= 0.6 is 0 Å². The third-order valence-corrected chi connectivity index (χ3v) is 10.6. The van der Waals surface area contributed by atoms with Crippen LogP contribution in [0, 0.1) is 5.92 Å². The molecular formula is C34H44FN7O4S. The number of alkyl halides is 1. The fraction of sp³-hybridized carbons (Fsp3) is 0.529. The van der Waals surface area contributed by atoms with Crippen LogP contribution < -0.4 is 15.1 Å². The highest BCUT2D eigenvalue weighted by atomic mass is 32.2. The maximum atomic E-state index is 14.6. The average molecular weight is 666 g/mol. The largest absolute Gasteiger partial charge is 0.378 e. The molecule has 0 aliphatic carbocycles. The fourth-order valence-electron chi connectivity index (χ4n) is 7.33. The molecule has 1 N–H and O–H groups in total. The molecule has 3 fully saturated rings. The maximum Gasteiger partial charge on any atom is 0.245 e. The highest BCUT2D eigenvalue weighted by Gasteiger charge is 2.35. The number of carbonyl (C=O) groups is 1. The van der Waals surface area contributed by atoms with Crippen molar-refractivity contribution in [3.8, 4) is 0 Å². The number of aromatic nitrogens is 3. The maximum absolute atomic E-state index is 14.6. The summed E-state index contributed by atoms with van der Waals surface area (Å²) in [5, 5.41) is 5.40. The number of carbonyl (C=O) groups excluding carboxylic acids is 1. The summed E-state index contributed by atoms with van der Waals surface area (Å²) in [7, 11) is -1.54.